The van der Waals surface area contributed by atoms with E-state index in [1.807, 2.05) is 0 Å². The molecule has 0 aliphatic carbocycles. The summed E-state index contributed by atoms with van der Waals surface area (Å²) in [6, 6.07) is 3.62. The zero-order chi connectivity index (χ0) is 16.4. The highest BCUT2D eigenvalue weighted by molar-refractivity contribution is 7.92. The lowest BCUT2D eigenvalue weighted by molar-refractivity contribution is -0.384. The first kappa shape index (κ1) is 17.4. The van der Waals surface area contributed by atoms with Gasteiger partial charge in [-0.25, -0.2) is 8.42 Å². The van der Waals surface area contributed by atoms with Crippen LogP contribution in [-0.2, 0) is 9.84 Å². The predicted molar refractivity (Wildman–Crippen MR) is 79.4 cm³/mol. The van der Waals surface area contributed by atoms with Crippen LogP contribution in [0.3, 0.4) is 0 Å². The maximum absolute atomic E-state index is 11.9. The number of carbonyl (C=O) groups excluding carboxylic acids is 1. The summed E-state index contributed by atoms with van der Waals surface area (Å²) in [6.07, 6.45) is 1.08. The van der Waals surface area contributed by atoms with E-state index in [-0.39, 0.29) is 22.8 Å². The molecule has 0 atom stereocenters. The van der Waals surface area contributed by atoms with Crippen LogP contribution >= 0.6 is 11.6 Å². The van der Waals surface area contributed by atoms with E-state index in [0.29, 0.717) is 0 Å². The lowest BCUT2D eigenvalue weighted by Gasteiger charge is -2.22. The number of halogens is 1. The minimum absolute atomic E-state index is 0.0374. The smallest absolute Gasteiger partial charge is 0.288 e. The van der Waals surface area contributed by atoms with E-state index in [4.69, 9.17) is 11.6 Å². The van der Waals surface area contributed by atoms with Gasteiger partial charge in [0.15, 0.2) is 9.84 Å². The zero-order valence-corrected chi connectivity index (χ0v) is 13.3. The third-order valence-corrected chi connectivity index (χ3v) is 5.55. The van der Waals surface area contributed by atoms with Gasteiger partial charge in [0, 0.05) is 24.4 Å². The number of nitro benzene ring substituents is 1. The third kappa shape index (κ3) is 4.15. The van der Waals surface area contributed by atoms with Crippen molar-refractivity contribution in [2.75, 3.05) is 12.8 Å². The van der Waals surface area contributed by atoms with Crippen molar-refractivity contribution in [3.05, 3.63) is 38.9 Å². The van der Waals surface area contributed by atoms with Crippen LogP contribution in [0.15, 0.2) is 18.2 Å². The van der Waals surface area contributed by atoms with Crippen molar-refractivity contribution in [2.24, 2.45) is 0 Å². The molecule has 1 aromatic rings. The Morgan fingerprint density at radius 2 is 2.00 bits per heavy atom. The van der Waals surface area contributed by atoms with E-state index in [1.54, 1.807) is 0 Å². The summed E-state index contributed by atoms with van der Waals surface area (Å²) in [5.74, 6) is -0.605. The second-order valence-electron chi connectivity index (χ2n) is 5.14. The number of carbonyl (C=O) groups is 1. The Kier molecular flexibility index (Phi) is 4.95. The van der Waals surface area contributed by atoms with Crippen LogP contribution in [0, 0.1) is 10.1 Å². The summed E-state index contributed by atoms with van der Waals surface area (Å²) in [6.45, 7) is 2.85. The second-order valence-corrected chi connectivity index (χ2v) is 8.19. The van der Waals surface area contributed by atoms with Crippen LogP contribution in [-0.4, -0.2) is 36.8 Å². The molecule has 1 amide bonds. The molecule has 0 fully saturated rings. The van der Waals surface area contributed by atoms with Gasteiger partial charge < -0.3 is 5.32 Å². The van der Waals surface area contributed by atoms with E-state index >= 15 is 0 Å². The Morgan fingerprint density at radius 1 is 1.43 bits per heavy atom. The number of sulfone groups is 1. The molecule has 9 heteroatoms. The van der Waals surface area contributed by atoms with Gasteiger partial charge in [-0.2, -0.15) is 0 Å². The van der Waals surface area contributed by atoms with E-state index < -0.39 is 25.4 Å². The van der Waals surface area contributed by atoms with E-state index in [0.717, 1.165) is 12.3 Å². The van der Waals surface area contributed by atoms with Crippen LogP contribution in [0.1, 0.15) is 24.2 Å². The number of nitrogens with zero attached hydrogens (tertiary/aromatic N) is 1. The molecule has 0 aromatic heterocycles. The molecule has 0 heterocycles. The molecule has 7 nitrogen and oxygen atoms in total. The highest BCUT2D eigenvalue weighted by atomic mass is 35.5. The van der Waals surface area contributed by atoms with Crippen molar-refractivity contribution >= 4 is 33.0 Å². The van der Waals surface area contributed by atoms with Gasteiger partial charge in [0.25, 0.3) is 11.6 Å². The van der Waals surface area contributed by atoms with Gasteiger partial charge in [-0.15, -0.1) is 0 Å². The van der Waals surface area contributed by atoms with Crippen LogP contribution in [0.25, 0.3) is 0 Å². The fourth-order valence-electron chi connectivity index (χ4n) is 1.32. The van der Waals surface area contributed by atoms with Crippen LogP contribution in [0.5, 0.6) is 0 Å². The Balaban J connectivity index is 2.92. The van der Waals surface area contributed by atoms with Crippen molar-refractivity contribution < 1.29 is 18.1 Å². The van der Waals surface area contributed by atoms with Gasteiger partial charge in [-0.3, -0.25) is 14.9 Å². The summed E-state index contributed by atoms with van der Waals surface area (Å²) in [5.41, 5.74) is -0.345. The quantitative estimate of drug-likeness (QED) is 0.652. The monoisotopic (exact) mass is 334 g/mol. The molecular formula is C12H15ClN2O5S. The third-order valence-electron chi connectivity index (χ3n) is 3.08. The van der Waals surface area contributed by atoms with Gasteiger partial charge in [-0.05, 0) is 26.0 Å². The van der Waals surface area contributed by atoms with Crippen molar-refractivity contribution in [3.8, 4) is 0 Å². The first-order valence-corrected chi connectivity index (χ1v) is 8.14. The Labute approximate surface area is 127 Å². The fourth-order valence-corrected chi connectivity index (χ4v) is 1.84. The lowest BCUT2D eigenvalue weighted by Crippen LogP contribution is -2.43. The number of amides is 1. The van der Waals surface area contributed by atoms with Crippen molar-refractivity contribution in [1.29, 1.82) is 0 Å². The number of nitrogens with one attached hydrogen (secondary N) is 1. The van der Waals surface area contributed by atoms with Gasteiger partial charge >= 0.3 is 0 Å². The predicted octanol–water partition coefficient (Wildman–Crippen LogP) is 1.80. The molecule has 0 bridgehead atoms. The SMILES string of the molecule is CC(C)(CNC(=O)c1ccc(Cl)c([N+](=O)[O-])c1)S(C)(=O)=O. The average molecular weight is 335 g/mol. The topological polar surface area (TPSA) is 106 Å². The summed E-state index contributed by atoms with van der Waals surface area (Å²) in [4.78, 5) is 22.0. The highest BCUT2D eigenvalue weighted by Crippen LogP contribution is 2.25. The molecule has 0 saturated carbocycles. The fraction of sp³-hybridized carbons (Fsp3) is 0.417. The molecule has 0 saturated heterocycles. The largest absolute Gasteiger partial charge is 0.350 e. The summed E-state index contributed by atoms with van der Waals surface area (Å²) in [5, 5.41) is 13.1. The summed E-state index contributed by atoms with van der Waals surface area (Å²) >= 11 is 5.65. The first-order chi connectivity index (χ1) is 9.45. The molecule has 21 heavy (non-hydrogen) atoms. The van der Waals surface area contributed by atoms with Crippen molar-refractivity contribution in [3.63, 3.8) is 0 Å². The Hall–Kier alpha value is -1.67. The van der Waals surface area contributed by atoms with E-state index in [2.05, 4.69) is 5.32 Å². The summed E-state index contributed by atoms with van der Waals surface area (Å²) < 4.78 is 21.9. The molecule has 0 radical (unpaired) electrons. The molecule has 116 valence electrons. The number of rotatable bonds is 5. The Bertz CT molecular complexity index is 685. The zero-order valence-electron chi connectivity index (χ0n) is 11.7. The minimum Gasteiger partial charge on any atom is -0.350 e. The van der Waals surface area contributed by atoms with E-state index in [9.17, 15) is 23.3 Å². The molecule has 0 unspecified atom stereocenters. The average Bonchev–Trinajstić information content (AvgIpc) is 2.34. The molecular weight excluding hydrogens is 320 g/mol. The van der Waals surface area contributed by atoms with E-state index in [1.165, 1.54) is 26.0 Å². The van der Waals surface area contributed by atoms with Crippen LogP contribution in [0.4, 0.5) is 5.69 Å². The van der Waals surface area contributed by atoms with Gasteiger partial charge in [0.1, 0.15) is 5.02 Å². The number of benzene rings is 1. The Morgan fingerprint density at radius 3 is 2.48 bits per heavy atom. The van der Waals surface area contributed by atoms with Gasteiger partial charge in [-0.1, -0.05) is 11.6 Å². The highest BCUT2D eigenvalue weighted by Gasteiger charge is 2.30. The minimum atomic E-state index is -3.35. The molecule has 0 aliphatic heterocycles. The normalized spacial score (nSPS) is 12.0. The standard InChI is InChI=1S/C12H15ClN2O5S/c1-12(2,21(3,19)20)7-14-11(16)8-4-5-9(13)10(6-8)15(17)18/h4-6H,7H2,1-3H3,(H,14,16). The molecule has 0 aliphatic rings. The second kappa shape index (κ2) is 5.98. The summed E-state index contributed by atoms with van der Waals surface area (Å²) in [7, 11) is -3.35. The lowest BCUT2D eigenvalue weighted by atomic mass is 10.1. The maximum Gasteiger partial charge on any atom is 0.288 e. The number of nitro groups is 1. The number of hydrogen-bond acceptors (Lipinski definition) is 5. The van der Waals surface area contributed by atoms with Crippen LogP contribution < -0.4 is 5.32 Å². The molecule has 0 spiro atoms. The molecule has 1 aromatic carbocycles. The first-order valence-electron chi connectivity index (χ1n) is 5.87. The van der Waals surface area contributed by atoms with Gasteiger partial charge in [0.2, 0.25) is 0 Å². The number of hydrogen-bond donors (Lipinski definition) is 1. The van der Waals surface area contributed by atoms with Gasteiger partial charge in [0.05, 0.1) is 9.67 Å². The van der Waals surface area contributed by atoms with Crippen molar-refractivity contribution in [1.82, 2.24) is 5.32 Å². The molecule has 1 N–H and O–H groups in total. The van der Waals surface area contributed by atoms with Crippen LogP contribution in [0.2, 0.25) is 5.02 Å². The van der Waals surface area contributed by atoms with Crippen molar-refractivity contribution in [2.45, 2.75) is 18.6 Å². The molecule has 1 rings (SSSR count). The maximum atomic E-state index is 11.9.